The van der Waals surface area contributed by atoms with Crippen molar-refractivity contribution in [1.82, 2.24) is 20.2 Å². The fourth-order valence-electron chi connectivity index (χ4n) is 4.82. The maximum Gasteiger partial charge on any atom is 0.306 e. The lowest BCUT2D eigenvalue weighted by molar-refractivity contribution is -0.143. The summed E-state index contributed by atoms with van der Waals surface area (Å²) in [4.78, 5) is 30.5. The van der Waals surface area contributed by atoms with Gasteiger partial charge in [-0.1, -0.05) is 36.4 Å². The minimum Gasteiger partial charge on any atom is -0.481 e. The second-order valence-corrected chi connectivity index (χ2v) is 8.79. The number of piperidine rings is 1. The van der Waals surface area contributed by atoms with Gasteiger partial charge in [0.2, 0.25) is 0 Å². The molecule has 0 saturated carbocycles. The first kappa shape index (κ1) is 21.8. The van der Waals surface area contributed by atoms with Gasteiger partial charge in [0.15, 0.2) is 11.6 Å². The zero-order valence-corrected chi connectivity index (χ0v) is 18.8. The minimum atomic E-state index is -0.786. The van der Waals surface area contributed by atoms with Crippen LogP contribution in [0.1, 0.15) is 31.2 Å². The van der Waals surface area contributed by atoms with Crippen molar-refractivity contribution in [3.8, 4) is 11.3 Å². The summed E-state index contributed by atoms with van der Waals surface area (Å²) in [5, 5.41) is 27.5. The molecule has 1 fully saturated rings. The van der Waals surface area contributed by atoms with Crippen LogP contribution in [0.2, 0.25) is 0 Å². The Labute approximate surface area is 197 Å². The molecule has 1 aromatic carbocycles. The first-order valence-corrected chi connectivity index (χ1v) is 11.4. The van der Waals surface area contributed by atoms with Gasteiger partial charge in [0.1, 0.15) is 17.6 Å². The van der Waals surface area contributed by atoms with E-state index in [1.165, 1.54) is 6.92 Å². The number of carbonyl (C=O) groups is 2. The molecule has 3 aliphatic heterocycles. The number of fused-ring (bicyclic) bond motifs is 1. The highest BCUT2D eigenvalue weighted by atomic mass is 16.4. The van der Waals surface area contributed by atoms with E-state index in [0.717, 1.165) is 16.8 Å². The van der Waals surface area contributed by atoms with Crippen LogP contribution in [0.5, 0.6) is 0 Å². The zero-order chi connectivity index (χ0) is 23.8. The molecule has 1 aromatic heterocycles. The maximum absolute atomic E-state index is 12.5. The van der Waals surface area contributed by atoms with E-state index in [4.69, 9.17) is 5.41 Å². The molecule has 9 heteroatoms. The van der Waals surface area contributed by atoms with Crippen LogP contribution in [0, 0.1) is 11.3 Å². The third kappa shape index (κ3) is 3.83. The predicted molar refractivity (Wildman–Crippen MR) is 127 cm³/mol. The van der Waals surface area contributed by atoms with Crippen molar-refractivity contribution in [2.45, 2.75) is 31.8 Å². The fourth-order valence-corrected chi connectivity index (χ4v) is 4.82. The van der Waals surface area contributed by atoms with Crippen molar-refractivity contribution in [2.75, 3.05) is 13.1 Å². The molecule has 2 aromatic rings. The maximum atomic E-state index is 12.5. The first-order chi connectivity index (χ1) is 16.4. The van der Waals surface area contributed by atoms with Crippen LogP contribution in [0.25, 0.3) is 11.3 Å². The molecule has 2 unspecified atom stereocenters. The topological polar surface area (TPSA) is 122 Å². The monoisotopic (exact) mass is 458 g/mol. The number of amidine groups is 1. The van der Waals surface area contributed by atoms with Gasteiger partial charge in [0.25, 0.3) is 0 Å². The van der Waals surface area contributed by atoms with Gasteiger partial charge in [-0.05, 0) is 31.4 Å². The largest absolute Gasteiger partial charge is 0.481 e. The highest BCUT2D eigenvalue weighted by Gasteiger charge is 2.43. The number of carboxylic acid groups (broad SMARTS) is 1. The van der Waals surface area contributed by atoms with E-state index in [9.17, 15) is 14.7 Å². The van der Waals surface area contributed by atoms with Gasteiger partial charge in [-0.2, -0.15) is 5.10 Å². The Hall–Kier alpha value is -4.01. The molecule has 174 valence electrons. The number of hydrazone groups is 1. The Morgan fingerprint density at radius 1 is 1.12 bits per heavy atom. The van der Waals surface area contributed by atoms with E-state index in [1.807, 2.05) is 53.6 Å². The predicted octanol–water partition coefficient (Wildman–Crippen LogP) is 2.64. The van der Waals surface area contributed by atoms with E-state index in [0.29, 0.717) is 31.8 Å². The molecule has 3 aliphatic rings. The summed E-state index contributed by atoms with van der Waals surface area (Å²) in [5.41, 5.74) is 3.14. The Bertz CT molecular complexity index is 1180. The molecule has 9 nitrogen and oxygen atoms in total. The summed E-state index contributed by atoms with van der Waals surface area (Å²) in [6.07, 6.45) is 4.24. The Morgan fingerprint density at radius 3 is 2.47 bits per heavy atom. The van der Waals surface area contributed by atoms with Crippen LogP contribution in [0.3, 0.4) is 0 Å². The molecular weight excluding hydrogens is 432 g/mol. The van der Waals surface area contributed by atoms with Gasteiger partial charge in [-0.15, -0.1) is 0 Å². The smallest absolute Gasteiger partial charge is 0.306 e. The fraction of sp³-hybridized carbons (Fsp3) is 0.320. The normalized spacial score (nSPS) is 22.6. The molecule has 0 bridgehead atoms. The lowest BCUT2D eigenvalue weighted by atomic mass is 9.94. The molecule has 5 rings (SSSR count). The average Bonchev–Trinajstić information content (AvgIpc) is 3.29. The second kappa shape index (κ2) is 8.74. The van der Waals surface area contributed by atoms with Crippen molar-refractivity contribution in [3.05, 3.63) is 65.6 Å². The quantitative estimate of drug-likeness (QED) is 0.630. The van der Waals surface area contributed by atoms with Crippen LogP contribution in [-0.2, 0) is 9.59 Å². The number of hydrogen-bond acceptors (Lipinski definition) is 7. The van der Waals surface area contributed by atoms with Crippen molar-refractivity contribution in [2.24, 2.45) is 11.0 Å². The van der Waals surface area contributed by atoms with Gasteiger partial charge < -0.3 is 15.3 Å². The van der Waals surface area contributed by atoms with E-state index in [-0.39, 0.29) is 35.2 Å². The lowest BCUT2D eigenvalue weighted by Gasteiger charge is -2.42. The second-order valence-electron chi connectivity index (χ2n) is 8.79. The summed E-state index contributed by atoms with van der Waals surface area (Å²) >= 11 is 0. The van der Waals surface area contributed by atoms with Gasteiger partial charge in [-0.3, -0.25) is 20.0 Å². The van der Waals surface area contributed by atoms with Gasteiger partial charge >= 0.3 is 5.97 Å². The van der Waals surface area contributed by atoms with E-state index < -0.39 is 5.97 Å². The summed E-state index contributed by atoms with van der Waals surface area (Å²) < 4.78 is 0. The number of Topliss-reactive ketones (excluding diaryl/α,β-unsaturated/α-hetero) is 1. The summed E-state index contributed by atoms with van der Waals surface area (Å²) in [6.45, 7) is 2.46. The van der Waals surface area contributed by atoms with Gasteiger partial charge in [0, 0.05) is 31.1 Å². The van der Waals surface area contributed by atoms with Crippen LogP contribution in [0.15, 0.2) is 65.2 Å². The first-order valence-electron chi connectivity index (χ1n) is 11.4. The molecule has 0 spiro atoms. The van der Waals surface area contributed by atoms with Crippen molar-refractivity contribution in [1.29, 1.82) is 5.41 Å². The van der Waals surface area contributed by atoms with Gasteiger partial charge in [0.05, 0.1) is 17.5 Å². The van der Waals surface area contributed by atoms with Crippen LogP contribution in [-0.4, -0.2) is 63.1 Å². The molecule has 3 N–H and O–H groups in total. The molecule has 34 heavy (non-hydrogen) atoms. The lowest BCUT2D eigenvalue weighted by Crippen LogP contribution is -2.56. The minimum absolute atomic E-state index is 0.0548. The van der Waals surface area contributed by atoms with Crippen LogP contribution < -0.4 is 5.32 Å². The summed E-state index contributed by atoms with van der Waals surface area (Å²) in [6, 6.07) is 13.9. The molecule has 1 saturated heterocycles. The Morgan fingerprint density at radius 2 is 1.85 bits per heavy atom. The number of nitrogens with one attached hydrogen (secondary N) is 2. The number of hydrogen-bond donors (Lipinski definition) is 3. The number of likely N-dealkylation sites (tertiary alicyclic amines) is 1. The Kier molecular flexibility index (Phi) is 5.61. The van der Waals surface area contributed by atoms with Gasteiger partial charge in [-0.25, -0.2) is 5.01 Å². The number of carboxylic acids is 1. The average molecular weight is 459 g/mol. The number of aliphatic carboxylic acids is 1. The number of pyridine rings is 1. The molecule has 0 aliphatic carbocycles. The number of ketones is 1. The van der Waals surface area contributed by atoms with E-state index in [1.54, 1.807) is 11.2 Å². The molecule has 4 heterocycles. The van der Waals surface area contributed by atoms with Crippen molar-refractivity contribution in [3.63, 3.8) is 0 Å². The standard InChI is InChI=1S/C25H26N6O3/c1-15(32)21-22(26)31-23(29-24(21)30-11-9-17(10-12-30)25(33)34)19(14-28-31)18-7-8-20(27-13-18)16-5-3-2-4-6-16/h2-8,13-14,17,19,23,26,29H,9-12H2,1H3,(H,33,34). The third-order valence-electron chi connectivity index (χ3n) is 6.70. The molecule has 2 atom stereocenters. The SMILES string of the molecule is CC(=O)C1=C(N2CCC(C(=O)O)CC2)NC2C(c3ccc(-c4ccccc4)nc3)C=NN2C1=N. The Balaban J connectivity index is 1.41. The number of aromatic nitrogens is 1. The highest BCUT2D eigenvalue weighted by molar-refractivity contribution is 6.20. The summed E-state index contributed by atoms with van der Waals surface area (Å²) in [7, 11) is 0. The highest BCUT2D eigenvalue weighted by Crippen LogP contribution is 2.34. The number of rotatable bonds is 5. The molecule has 0 radical (unpaired) electrons. The van der Waals surface area contributed by atoms with E-state index >= 15 is 0 Å². The van der Waals surface area contributed by atoms with E-state index in [2.05, 4.69) is 15.4 Å². The third-order valence-corrected chi connectivity index (χ3v) is 6.70. The number of nitrogens with zero attached hydrogens (tertiary/aromatic N) is 4. The van der Waals surface area contributed by atoms with Crippen molar-refractivity contribution < 1.29 is 14.7 Å². The van der Waals surface area contributed by atoms with Crippen molar-refractivity contribution >= 4 is 23.8 Å². The number of carbonyl (C=O) groups excluding carboxylic acids is 1. The van der Waals surface area contributed by atoms with Crippen LogP contribution >= 0.6 is 0 Å². The zero-order valence-electron chi connectivity index (χ0n) is 18.8. The van der Waals surface area contributed by atoms with Crippen LogP contribution in [0.4, 0.5) is 0 Å². The molecule has 0 amide bonds. The summed E-state index contributed by atoms with van der Waals surface area (Å²) in [5.74, 6) is -0.914. The number of benzene rings is 1. The molecular formula is C25H26N6O3.